The van der Waals surface area contributed by atoms with Gasteiger partial charge in [-0.05, 0) is 56.4 Å². The molecule has 8 heteroatoms. The normalized spacial score (nSPS) is 31.3. The number of benzene rings is 1. The van der Waals surface area contributed by atoms with Gasteiger partial charge in [0.25, 0.3) is 0 Å². The van der Waals surface area contributed by atoms with Crippen LogP contribution in [0.1, 0.15) is 56.9 Å². The molecule has 0 bridgehead atoms. The largest absolute Gasteiger partial charge is 0.462 e. The molecule has 170 valence electrons. The zero-order valence-electron chi connectivity index (χ0n) is 18.2. The third-order valence-corrected chi connectivity index (χ3v) is 7.20. The zero-order valence-corrected chi connectivity index (χ0v) is 20.5. The lowest BCUT2D eigenvalue weighted by atomic mass is 9.86. The minimum absolute atomic E-state index is 0.0154. The minimum atomic E-state index is -0.0854. The van der Waals surface area contributed by atoms with Crippen LogP contribution in [0.25, 0.3) is 0 Å². The maximum absolute atomic E-state index is 11.9. The number of esters is 1. The number of carbonyl (C=O) groups excluding carboxylic acids is 1. The average Bonchev–Trinajstić information content (AvgIpc) is 3.26. The van der Waals surface area contributed by atoms with E-state index in [1.165, 1.54) is 12.0 Å². The van der Waals surface area contributed by atoms with Crippen molar-refractivity contribution in [2.45, 2.75) is 82.4 Å². The summed E-state index contributed by atoms with van der Waals surface area (Å²) in [4.78, 5) is 11.9. The summed E-state index contributed by atoms with van der Waals surface area (Å²) in [6.45, 7) is 0.793. The van der Waals surface area contributed by atoms with Gasteiger partial charge in [0.2, 0.25) is 0 Å². The highest BCUT2D eigenvalue weighted by Crippen LogP contribution is 2.45. The van der Waals surface area contributed by atoms with Crippen molar-refractivity contribution >= 4 is 30.6 Å². The SMILES string of the molecule is O=C1C[C@@H]2[C@@H](CC[C@@H](CCc3ccccc3)OC3CCCCO3)[C@H](OB(P)P)C[C@@H]2O1. The number of fused-ring (bicyclic) bond motifs is 1. The molecule has 0 radical (unpaired) electrons. The Morgan fingerprint density at radius 1 is 1.16 bits per heavy atom. The molecule has 4 rings (SSSR count). The Hall–Kier alpha value is -0.505. The summed E-state index contributed by atoms with van der Waals surface area (Å²) in [5, 5.41) is 0. The molecule has 2 aliphatic heterocycles. The first-order chi connectivity index (χ1) is 15.1. The van der Waals surface area contributed by atoms with Crippen molar-refractivity contribution in [3.8, 4) is 0 Å². The van der Waals surface area contributed by atoms with Crippen LogP contribution in [-0.2, 0) is 30.1 Å². The molecule has 1 saturated carbocycles. The fourth-order valence-corrected chi connectivity index (χ4v) is 5.78. The second kappa shape index (κ2) is 11.6. The maximum Gasteiger partial charge on any atom is 0.336 e. The predicted octanol–water partition coefficient (Wildman–Crippen LogP) is 4.38. The summed E-state index contributed by atoms with van der Waals surface area (Å²) >= 11 is 0. The van der Waals surface area contributed by atoms with Gasteiger partial charge in [-0.1, -0.05) is 30.3 Å². The highest BCUT2D eigenvalue weighted by atomic mass is 31.1. The van der Waals surface area contributed by atoms with E-state index in [4.69, 9.17) is 18.9 Å². The Bertz CT molecular complexity index is 700. The quantitative estimate of drug-likeness (QED) is 0.292. The number of hydrogen-bond acceptors (Lipinski definition) is 5. The molecule has 2 saturated heterocycles. The fraction of sp³-hybridized carbons (Fsp3) is 0.696. The van der Waals surface area contributed by atoms with Gasteiger partial charge < -0.3 is 18.9 Å². The summed E-state index contributed by atoms with van der Waals surface area (Å²) in [5.41, 5.74) is 1.34. The van der Waals surface area contributed by atoms with E-state index in [0.29, 0.717) is 12.3 Å². The van der Waals surface area contributed by atoms with Crippen LogP contribution in [-0.4, -0.2) is 43.5 Å². The summed E-state index contributed by atoms with van der Waals surface area (Å²) in [6.07, 6.45) is 8.72. The van der Waals surface area contributed by atoms with Crippen LogP contribution in [0.2, 0.25) is 0 Å². The molecule has 31 heavy (non-hydrogen) atoms. The lowest BCUT2D eigenvalue weighted by Gasteiger charge is -2.30. The molecular formula is C23H35BO5P2. The van der Waals surface area contributed by atoms with Crippen LogP contribution in [0.5, 0.6) is 0 Å². The van der Waals surface area contributed by atoms with Gasteiger partial charge in [0, 0.05) is 25.0 Å². The third-order valence-electron chi connectivity index (χ3n) is 6.89. The van der Waals surface area contributed by atoms with Gasteiger partial charge in [-0.3, -0.25) is 4.79 Å². The molecule has 8 atom stereocenters. The van der Waals surface area contributed by atoms with Crippen LogP contribution in [0.4, 0.5) is 0 Å². The van der Waals surface area contributed by atoms with Crippen LogP contribution in [0, 0.1) is 11.8 Å². The lowest BCUT2D eigenvalue weighted by Crippen LogP contribution is -2.30. The van der Waals surface area contributed by atoms with Crippen LogP contribution >= 0.6 is 18.2 Å². The van der Waals surface area contributed by atoms with Crippen molar-refractivity contribution in [3.63, 3.8) is 0 Å². The van der Waals surface area contributed by atoms with E-state index in [-0.39, 0.29) is 42.8 Å². The second-order valence-corrected chi connectivity index (χ2v) is 11.2. The molecule has 1 aliphatic carbocycles. The number of hydrogen-bond donors (Lipinski definition) is 0. The summed E-state index contributed by atoms with van der Waals surface area (Å²) in [5.74, 6) is 0.543. The lowest BCUT2D eigenvalue weighted by molar-refractivity contribution is -0.191. The van der Waals surface area contributed by atoms with E-state index in [9.17, 15) is 4.79 Å². The van der Waals surface area contributed by atoms with E-state index in [1.54, 1.807) is 0 Å². The Balaban J connectivity index is 1.38. The Morgan fingerprint density at radius 2 is 2.00 bits per heavy atom. The first-order valence-corrected chi connectivity index (χ1v) is 13.1. The standard InChI is InChI=1S/C23H35BO5P2/c25-22-14-19-18(21(29-24(30)31)15-20(19)28-22)12-11-17(27-23-8-4-5-13-26-23)10-9-16-6-2-1-3-7-16/h1-3,6-7,17-21,23H,4-5,8-15,30-31H2/t17-,18-,19-,20+,21-,23?/m1/s1. The van der Waals surface area contributed by atoms with Crippen molar-refractivity contribution in [2.75, 3.05) is 6.61 Å². The second-order valence-electron chi connectivity index (χ2n) is 9.09. The van der Waals surface area contributed by atoms with Crippen molar-refractivity contribution < 1.29 is 23.7 Å². The molecule has 2 heterocycles. The number of aryl methyl sites for hydroxylation is 1. The molecule has 5 nitrogen and oxygen atoms in total. The first kappa shape index (κ1) is 23.6. The van der Waals surface area contributed by atoms with Crippen molar-refractivity contribution in [1.82, 2.24) is 0 Å². The molecule has 1 aromatic carbocycles. The highest BCUT2D eigenvalue weighted by molar-refractivity contribution is 7.92. The zero-order chi connectivity index (χ0) is 21.6. The fourth-order valence-electron chi connectivity index (χ4n) is 5.38. The average molecular weight is 464 g/mol. The van der Waals surface area contributed by atoms with Crippen LogP contribution in [0.3, 0.4) is 0 Å². The summed E-state index contributed by atoms with van der Waals surface area (Å²) < 4.78 is 24.1. The van der Waals surface area contributed by atoms with E-state index < -0.39 is 0 Å². The van der Waals surface area contributed by atoms with Gasteiger partial charge in [0.05, 0.1) is 12.5 Å². The van der Waals surface area contributed by atoms with Gasteiger partial charge in [0.1, 0.15) is 6.10 Å². The molecule has 3 fully saturated rings. The van der Waals surface area contributed by atoms with Crippen molar-refractivity contribution in [1.29, 1.82) is 0 Å². The van der Waals surface area contributed by atoms with Crippen molar-refractivity contribution in [3.05, 3.63) is 35.9 Å². The van der Waals surface area contributed by atoms with Crippen LogP contribution in [0.15, 0.2) is 30.3 Å². The minimum Gasteiger partial charge on any atom is -0.462 e. The van der Waals surface area contributed by atoms with E-state index in [0.717, 1.165) is 51.6 Å². The number of carbonyl (C=O) groups is 1. The Labute approximate surface area is 191 Å². The number of rotatable bonds is 10. The highest BCUT2D eigenvalue weighted by Gasteiger charge is 2.50. The summed E-state index contributed by atoms with van der Waals surface area (Å²) in [7, 11) is 5.38. The smallest absolute Gasteiger partial charge is 0.336 e. The van der Waals surface area contributed by atoms with E-state index in [1.807, 2.05) is 0 Å². The molecule has 1 aromatic rings. The van der Waals surface area contributed by atoms with Gasteiger partial charge in [-0.2, -0.15) is 0 Å². The topological polar surface area (TPSA) is 54.0 Å². The van der Waals surface area contributed by atoms with Gasteiger partial charge in [-0.15, -0.1) is 18.2 Å². The van der Waals surface area contributed by atoms with E-state index >= 15 is 0 Å². The van der Waals surface area contributed by atoms with Crippen LogP contribution < -0.4 is 0 Å². The number of ether oxygens (including phenoxy) is 3. The predicted molar refractivity (Wildman–Crippen MR) is 129 cm³/mol. The van der Waals surface area contributed by atoms with E-state index in [2.05, 4.69) is 48.6 Å². The maximum atomic E-state index is 11.9. The molecule has 0 N–H and O–H groups in total. The first-order valence-electron chi connectivity index (χ1n) is 11.8. The monoisotopic (exact) mass is 464 g/mol. The van der Waals surface area contributed by atoms with Gasteiger partial charge in [0.15, 0.2) is 6.29 Å². The summed E-state index contributed by atoms with van der Waals surface area (Å²) in [6, 6.07) is 10.6. The van der Waals surface area contributed by atoms with Gasteiger partial charge in [-0.25, -0.2) is 0 Å². The Morgan fingerprint density at radius 3 is 2.74 bits per heavy atom. The molecule has 0 amide bonds. The van der Waals surface area contributed by atoms with Crippen molar-refractivity contribution in [2.24, 2.45) is 11.8 Å². The molecule has 0 spiro atoms. The Kier molecular flexibility index (Phi) is 8.83. The third kappa shape index (κ3) is 6.75. The molecular weight excluding hydrogens is 429 g/mol. The van der Waals surface area contributed by atoms with Gasteiger partial charge >= 0.3 is 12.3 Å². The molecule has 3 aliphatic rings. The molecule has 0 aromatic heterocycles. The molecule has 3 unspecified atom stereocenters.